The molecular formula is C13H18ClN3O2. The zero-order chi connectivity index (χ0) is 13.7. The van der Waals surface area contributed by atoms with Gasteiger partial charge in [-0.1, -0.05) is 17.7 Å². The second-order valence-electron chi connectivity index (χ2n) is 4.61. The van der Waals surface area contributed by atoms with Crippen LogP contribution < -0.4 is 10.9 Å². The van der Waals surface area contributed by atoms with Gasteiger partial charge in [-0.2, -0.15) is 5.10 Å². The van der Waals surface area contributed by atoms with Crippen molar-refractivity contribution in [2.24, 2.45) is 5.92 Å². The van der Waals surface area contributed by atoms with Crippen molar-refractivity contribution in [1.82, 2.24) is 9.78 Å². The largest absolute Gasteiger partial charge is 0.382 e. The number of nitrogens with zero attached hydrogens (tertiary/aromatic N) is 2. The standard InChI is InChI=1S/C13H18ClN3O2/c1-2-5-17-13(18)12(14)11(8-16-17)15-7-10-4-3-6-19-9-10/h2,8,10,15H,1,3-7,9H2. The molecular weight excluding hydrogens is 266 g/mol. The molecule has 1 fully saturated rings. The SMILES string of the molecule is C=CCn1ncc(NCC2CCCOC2)c(Cl)c1=O. The van der Waals surface area contributed by atoms with Gasteiger partial charge in [0.1, 0.15) is 5.02 Å². The smallest absolute Gasteiger partial charge is 0.287 e. The Bertz CT molecular complexity index is 495. The summed E-state index contributed by atoms with van der Waals surface area (Å²) in [5.41, 5.74) is 0.281. The highest BCUT2D eigenvalue weighted by atomic mass is 35.5. The molecule has 1 N–H and O–H groups in total. The molecule has 0 saturated carbocycles. The molecule has 2 rings (SSSR count). The Morgan fingerprint density at radius 1 is 1.68 bits per heavy atom. The number of hydrogen-bond acceptors (Lipinski definition) is 4. The lowest BCUT2D eigenvalue weighted by Gasteiger charge is -2.22. The molecule has 1 aromatic heterocycles. The predicted octanol–water partition coefficient (Wildman–Crippen LogP) is 1.92. The predicted molar refractivity (Wildman–Crippen MR) is 75.7 cm³/mol. The number of halogens is 1. The summed E-state index contributed by atoms with van der Waals surface area (Å²) in [6.07, 6.45) is 5.40. The van der Waals surface area contributed by atoms with E-state index in [2.05, 4.69) is 17.0 Å². The van der Waals surface area contributed by atoms with Crippen molar-refractivity contribution in [3.8, 4) is 0 Å². The van der Waals surface area contributed by atoms with Gasteiger partial charge in [0.25, 0.3) is 5.56 Å². The molecule has 5 nitrogen and oxygen atoms in total. The van der Waals surface area contributed by atoms with Gasteiger partial charge in [-0.3, -0.25) is 4.79 Å². The third-order valence-corrected chi connectivity index (χ3v) is 3.49. The molecule has 0 amide bonds. The molecule has 0 aliphatic carbocycles. The highest BCUT2D eigenvalue weighted by Crippen LogP contribution is 2.18. The summed E-state index contributed by atoms with van der Waals surface area (Å²) in [4.78, 5) is 11.9. The number of aromatic nitrogens is 2. The summed E-state index contributed by atoms with van der Waals surface area (Å²) < 4.78 is 6.69. The normalized spacial score (nSPS) is 19.1. The summed E-state index contributed by atoms with van der Waals surface area (Å²) in [6.45, 7) is 6.27. The van der Waals surface area contributed by atoms with E-state index >= 15 is 0 Å². The van der Waals surface area contributed by atoms with Gasteiger partial charge in [0, 0.05) is 13.2 Å². The fourth-order valence-electron chi connectivity index (χ4n) is 2.06. The Balaban J connectivity index is 2.02. The zero-order valence-electron chi connectivity index (χ0n) is 10.8. The van der Waals surface area contributed by atoms with Crippen LogP contribution in [-0.4, -0.2) is 29.5 Å². The van der Waals surface area contributed by atoms with E-state index in [1.165, 1.54) is 4.68 Å². The lowest BCUT2D eigenvalue weighted by molar-refractivity contribution is 0.0595. The third-order valence-electron chi connectivity index (χ3n) is 3.12. The maximum absolute atomic E-state index is 11.9. The van der Waals surface area contributed by atoms with Crippen molar-refractivity contribution < 1.29 is 4.74 Å². The van der Waals surface area contributed by atoms with Crippen LogP contribution in [0.25, 0.3) is 0 Å². The van der Waals surface area contributed by atoms with Crippen molar-refractivity contribution in [1.29, 1.82) is 0 Å². The number of hydrogen-bond donors (Lipinski definition) is 1. The molecule has 1 aliphatic rings. The van der Waals surface area contributed by atoms with Crippen LogP contribution in [0, 0.1) is 5.92 Å². The van der Waals surface area contributed by atoms with Crippen LogP contribution in [0.4, 0.5) is 5.69 Å². The molecule has 1 aromatic rings. The maximum Gasteiger partial charge on any atom is 0.287 e. The topological polar surface area (TPSA) is 56.1 Å². The molecule has 0 bridgehead atoms. The number of allylic oxidation sites excluding steroid dienone is 1. The molecule has 1 atom stereocenters. The minimum absolute atomic E-state index is 0.175. The van der Waals surface area contributed by atoms with Gasteiger partial charge < -0.3 is 10.1 Å². The van der Waals surface area contributed by atoms with Gasteiger partial charge in [0.05, 0.1) is 25.0 Å². The molecule has 0 radical (unpaired) electrons. The van der Waals surface area contributed by atoms with Gasteiger partial charge >= 0.3 is 0 Å². The lowest BCUT2D eigenvalue weighted by Crippen LogP contribution is -2.27. The van der Waals surface area contributed by atoms with Crippen LogP contribution >= 0.6 is 11.6 Å². The molecule has 6 heteroatoms. The Kier molecular flexibility index (Phi) is 4.99. The molecule has 1 unspecified atom stereocenters. The first kappa shape index (κ1) is 14.1. The summed E-state index contributed by atoms with van der Waals surface area (Å²) in [6, 6.07) is 0. The molecule has 2 heterocycles. The van der Waals surface area contributed by atoms with Crippen molar-refractivity contribution in [2.75, 3.05) is 25.1 Å². The van der Waals surface area contributed by atoms with E-state index in [0.717, 1.165) is 32.6 Å². The molecule has 19 heavy (non-hydrogen) atoms. The molecule has 1 aliphatic heterocycles. The minimum Gasteiger partial charge on any atom is -0.382 e. The van der Waals surface area contributed by atoms with Gasteiger partial charge in [-0.15, -0.1) is 6.58 Å². The van der Waals surface area contributed by atoms with E-state index in [-0.39, 0.29) is 10.6 Å². The fraction of sp³-hybridized carbons (Fsp3) is 0.538. The monoisotopic (exact) mass is 283 g/mol. The van der Waals surface area contributed by atoms with Gasteiger partial charge in [-0.05, 0) is 18.8 Å². The van der Waals surface area contributed by atoms with E-state index in [9.17, 15) is 4.79 Å². The first-order chi connectivity index (χ1) is 9.22. The van der Waals surface area contributed by atoms with Gasteiger partial charge in [-0.25, -0.2) is 4.68 Å². The van der Waals surface area contributed by atoms with Crippen molar-refractivity contribution in [2.45, 2.75) is 19.4 Å². The van der Waals surface area contributed by atoms with Gasteiger partial charge in [0.15, 0.2) is 0 Å². The fourth-order valence-corrected chi connectivity index (χ4v) is 2.28. The second-order valence-corrected chi connectivity index (χ2v) is 4.99. The van der Waals surface area contributed by atoms with Crippen LogP contribution in [0.1, 0.15) is 12.8 Å². The second kappa shape index (κ2) is 6.73. The number of ether oxygens (including phenoxy) is 1. The van der Waals surface area contributed by atoms with Crippen molar-refractivity contribution in [3.05, 3.63) is 34.2 Å². The van der Waals surface area contributed by atoms with E-state index in [1.54, 1.807) is 12.3 Å². The lowest BCUT2D eigenvalue weighted by atomic mass is 10.0. The van der Waals surface area contributed by atoms with Crippen molar-refractivity contribution in [3.63, 3.8) is 0 Å². The van der Waals surface area contributed by atoms with Crippen LogP contribution in [0.2, 0.25) is 5.02 Å². The average molecular weight is 284 g/mol. The average Bonchev–Trinajstić information content (AvgIpc) is 2.44. The summed E-state index contributed by atoms with van der Waals surface area (Å²) in [7, 11) is 0. The molecule has 1 saturated heterocycles. The molecule has 0 aromatic carbocycles. The zero-order valence-corrected chi connectivity index (χ0v) is 11.5. The number of nitrogens with one attached hydrogen (secondary N) is 1. The number of rotatable bonds is 5. The highest BCUT2D eigenvalue weighted by molar-refractivity contribution is 6.32. The van der Waals surface area contributed by atoms with Gasteiger partial charge in [0.2, 0.25) is 0 Å². The van der Waals surface area contributed by atoms with E-state index in [0.29, 0.717) is 18.2 Å². The molecule has 0 spiro atoms. The van der Waals surface area contributed by atoms with E-state index < -0.39 is 0 Å². The Labute approximate surface area is 117 Å². The summed E-state index contributed by atoms with van der Waals surface area (Å²) in [5.74, 6) is 0.459. The van der Waals surface area contributed by atoms with Crippen LogP contribution in [-0.2, 0) is 11.3 Å². The minimum atomic E-state index is -0.300. The summed E-state index contributed by atoms with van der Waals surface area (Å²) >= 11 is 6.05. The van der Waals surface area contributed by atoms with E-state index in [1.807, 2.05) is 0 Å². The van der Waals surface area contributed by atoms with Crippen LogP contribution in [0.3, 0.4) is 0 Å². The Morgan fingerprint density at radius 2 is 2.53 bits per heavy atom. The first-order valence-electron chi connectivity index (χ1n) is 6.40. The third kappa shape index (κ3) is 3.58. The Hall–Kier alpha value is -1.33. The highest BCUT2D eigenvalue weighted by Gasteiger charge is 2.15. The number of anilines is 1. The molecule has 104 valence electrons. The Morgan fingerprint density at radius 3 is 3.21 bits per heavy atom. The summed E-state index contributed by atoms with van der Waals surface area (Å²) in [5, 5.41) is 7.40. The van der Waals surface area contributed by atoms with E-state index in [4.69, 9.17) is 16.3 Å². The maximum atomic E-state index is 11.9. The first-order valence-corrected chi connectivity index (χ1v) is 6.78. The van der Waals surface area contributed by atoms with Crippen LogP contribution in [0.15, 0.2) is 23.6 Å². The van der Waals surface area contributed by atoms with Crippen LogP contribution in [0.5, 0.6) is 0 Å². The van der Waals surface area contributed by atoms with Crippen molar-refractivity contribution >= 4 is 17.3 Å². The quantitative estimate of drug-likeness (QED) is 0.839.